The van der Waals surface area contributed by atoms with Crippen molar-refractivity contribution in [3.8, 4) is 5.75 Å². The second kappa shape index (κ2) is 13.6. The summed E-state index contributed by atoms with van der Waals surface area (Å²) in [7, 11) is 0. The van der Waals surface area contributed by atoms with Crippen molar-refractivity contribution < 1.29 is 32.2 Å². The van der Waals surface area contributed by atoms with Gasteiger partial charge in [-0.2, -0.15) is 5.10 Å². The molecule has 0 aromatic heterocycles. The quantitative estimate of drug-likeness (QED) is 0.154. The number of ether oxygens (including phenoxy) is 2. The molecule has 3 aromatic rings. The van der Waals surface area contributed by atoms with Gasteiger partial charge in [0.15, 0.2) is 5.17 Å². The van der Waals surface area contributed by atoms with Gasteiger partial charge in [-0.05, 0) is 48.9 Å². The van der Waals surface area contributed by atoms with Gasteiger partial charge in [-0.15, -0.1) is 18.3 Å². The van der Waals surface area contributed by atoms with E-state index in [1.807, 2.05) is 0 Å². The van der Waals surface area contributed by atoms with E-state index in [0.29, 0.717) is 27.7 Å². The number of para-hydroxylation sites is 1. The number of carbonyl (C=O) groups excluding carboxylic acids is 2. The number of esters is 1. The number of hydrogen-bond acceptors (Lipinski definition) is 8. The predicted octanol–water partition coefficient (Wildman–Crippen LogP) is 5.30. The number of hydrogen-bond donors (Lipinski definition) is 1. The third-order valence-electron chi connectivity index (χ3n) is 5.44. The Kier molecular flexibility index (Phi) is 9.70. The summed E-state index contributed by atoms with van der Waals surface area (Å²) in [4.78, 5) is 34.4. The van der Waals surface area contributed by atoms with Gasteiger partial charge < -0.3 is 15.2 Å². The van der Waals surface area contributed by atoms with E-state index in [0.717, 1.165) is 12.1 Å². The Morgan fingerprint density at radius 2 is 1.79 bits per heavy atom. The maximum absolute atomic E-state index is 12.6. The molecule has 42 heavy (non-hydrogen) atoms. The van der Waals surface area contributed by atoms with Crippen LogP contribution in [-0.4, -0.2) is 54.2 Å². The number of aliphatic imine (C=N–C) groups is 2. The average molecular weight is 597 g/mol. The van der Waals surface area contributed by atoms with Crippen molar-refractivity contribution in [1.29, 1.82) is 0 Å². The normalized spacial score (nSPS) is 15.2. The van der Waals surface area contributed by atoms with Gasteiger partial charge in [-0.3, -0.25) is 9.69 Å². The van der Waals surface area contributed by atoms with Crippen molar-refractivity contribution in [3.05, 3.63) is 89.5 Å². The van der Waals surface area contributed by atoms with Crippen LogP contribution in [0.3, 0.4) is 0 Å². The fraction of sp³-hybridized carbons (Fsp3) is 0.143. The van der Waals surface area contributed by atoms with Crippen molar-refractivity contribution in [3.63, 3.8) is 0 Å². The molecule has 0 spiro atoms. The second-order valence-corrected chi connectivity index (χ2v) is 9.25. The zero-order valence-corrected chi connectivity index (χ0v) is 22.8. The molecule has 0 atom stereocenters. The van der Waals surface area contributed by atoms with Crippen LogP contribution < -0.4 is 15.4 Å². The van der Waals surface area contributed by atoms with Gasteiger partial charge in [0.2, 0.25) is 5.91 Å². The first-order valence-corrected chi connectivity index (χ1v) is 13.3. The van der Waals surface area contributed by atoms with E-state index in [4.69, 9.17) is 10.5 Å². The first kappa shape index (κ1) is 30.0. The smallest absolute Gasteiger partial charge is 0.462 e. The fourth-order valence-corrected chi connectivity index (χ4v) is 4.39. The van der Waals surface area contributed by atoms with E-state index in [-0.39, 0.29) is 35.4 Å². The van der Waals surface area contributed by atoms with Crippen LogP contribution >= 0.6 is 11.8 Å². The highest BCUT2D eigenvalue weighted by molar-refractivity contribution is 8.15. The van der Waals surface area contributed by atoms with Gasteiger partial charge >= 0.3 is 12.3 Å². The van der Waals surface area contributed by atoms with Crippen LogP contribution in [0.5, 0.6) is 5.75 Å². The summed E-state index contributed by atoms with van der Waals surface area (Å²) in [5, 5.41) is 8.62. The summed E-state index contributed by atoms with van der Waals surface area (Å²) < 4.78 is 45.7. The Labute approximate surface area is 242 Å². The summed E-state index contributed by atoms with van der Waals surface area (Å²) >= 11 is 1.20. The maximum atomic E-state index is 12.6. The predicted molar refractivity (Wildman–Crippen MR) is 156 cm³/mol. The zero-order valence-electron chi connectivity index (χ0n) is 22.0. The molecule has 0 unspecified atom stereocenters. The average Bonchev–Trinajstić information content (AvgIpc) is 3.33. The number of halogens is 3. The number of anilines is 1. The summed E-state index contributed by atoms with van der Waals surface area (Å²) in [6, 6.07) is 18.5. The van der Waals surface area contributed by atoms with Crippen LogP contribution in [0, 0.1) is 0 Å². The van der Waals surface area contributed by atoms with Gasteiger partial charge in [-0.25, -0.2) is 14.8 Å². The molecular weight excluding hydrogens is 573 g/mol. The summed E-state index contributed by atoms with van der Waals surface area (Å²) in [6.07, 6.45) is -2.09. The minimum atomic E-state index is -4.77. The van der Waals surface area contributed by atoms with E-state index in [1.165, 1.54) is 41.3 Å². The lowest BCUT2D eigenvalue weighted by Crippen LogP contribution is -2.30. The Bertz CT molecular complexity index is 1560. The highest BCUT2D eigenvalue weighted by atomic mass is 32.2. The van der Waals surface area contributed by atoms with Crippen molar-refractivity contribution >= 4 is 58.6 Å². The standard InChI is InChI=1S/C28H23F3N6O4S/c1-2-40-26(39)22-5-3-4-6-23(22)37-24(38)16-42-27(37)36-35-15-18-7-9-19(10-8-18)25(32)34-17-33-20-11-13-21(14-12-20)41-28(29,30)31/h3-15,17H,2,16H2,1H3,(H2,32,33,34)/b35-15+,36-27+. The maximum Gasteiger partial charge on any atom is 0.573 e. The van der Waals surface area contributed by atoms with E-state index < -0.39 is 12.3 Å². The number of amides is 1. The highest BCUT2D eigenvalue weighted by Crippen LogP contribution is 2.30. The van der Waals surface area contributed by atoms with Gasteiger partial charge in [0, 0.05) is 5.56 Å². The molecule has 10 nitrogen and oxygen atoms in total. The van der Waals surface area contributed by atoms with Crippen molar-refractivity contribution in [2.45, 2.75) is 13.3 Å². The van der Waals surface area contributed by atoms with Gasteiger partial charge in [-0.1, -0.05) is 48.2 Å². The van der Waals surface area contributed by atoms with Crippen LogP contribution in [0.2, 0.25) is 0 Å². The molecule has 1 fully saturated rings. The lowest BCUT2D eigenvalue weighted by atomic mass is 10.1. The Morgan fingerprint density at radius 1 is 1.07 bits per heavy atom. The number of thioether (sulfide) groups is 1. The van der Waals surface area contributed by atoms with Crippen LogP contribution in [0.4, 0.5) is 24.5 Å². The molecule has 0 radical (unpaired) electrons. The Hall–Kier alpha value is -4.98. The summed E-state index contributed by atoms with van der Waals surface area (Å²) in [6.45, 7) is 1.90. The minimum Gasteiger partial charge on any atom is -0.462 e. The molecule has 216 valence electrons. The van der Waals surface area contributed by atoms with Crippen molar-refractivity contribution in [2.75, 3.05) is 17.3 Å². The molecule has 0 aliphatic carbocycles. The van der Waals surface area contributed by atoms with Gasteiger partial charge in [0.1, 0.15) is 17.9 Å². The number of nitrogens with two attached hydrogens (primary N) is 1. The van der Waals surface area contributed by atoms with E-state index in [2.05, 4.69) is 24.9 Å². The van der Waals surface area contributed by atoms with Crippen LogP contribution in [0.1, 0.15) is 28.4 Å². The molecule has 14 heteroatoms. The van der Waals surface area contributed by atoms with E-state index in [1.54, 1.807) is 55.5 Å². The fourth-order valence-electron chi connectivity index (χ4n) is 3.57. The molecular formula is C28H23F3N6O4S. The first-order chi connectivity index (χ1) is 20.1. The number of rotatable bonds is 9. The van der Waals surface area contributed by atoms with Crippen molar-refractivity contribution in [1.82, 2.24) is 0 Å². The molecule has 0 bridgehead atoms. The summed E-state index contributed by atoms with van der Waals surface area (Å²) in [5.74, 6) is -0.813. The number of amidine groups is 2. The monoisotopic (exact) mass is 596 g/mol. The first-order valence-electron chi connectivity index (χ1n) is 12.3. The second-order valence-electron chi connectivity index (χ2n) is 8.31. The molecule has 1 saturated heterocycles. The zero-order chi connectivity index (χ0) is 30.1. The molecule has 0 saturated carbocycles. The van der Waals surface area contributed by atoms with E-state index >= 15 is 0 Å². The third-order valence-corrected chi connectivity index (χ3v) is 6.35. The number of benzene rings is 3. The van der Waals surface area contributed by atoms with Crippen LogP contribution in [-0.2, 0) is 9.53 Å². The highest BCUT2D eigenvalue weighted by Gasteiger charge is 2.33. The Balaban J connectivity index is 1.41. The lowest BCUT2D eigenvalue weighted by Gasteiger charge is -2.18. The molecule has 4 rings (SSSR count). The van der Waals surface area contributed by atoms with Crippen LogP contribution in [0.15, 0.2) is 93.0 Å². The molecule has 1 aliphatic heterocycles. The largest absolute Gasteiger partial charge is 0.573 e. The third kappa shape index (κ3) is 8.04. The Morgan fingerprint density at radius 3 is 2.48 bits per heavy atom. The SMILES string of the molecule is CCOC(=O)c1ccccc1N1C(=O)CS/C1=N/N=C/c1ccc(C(N)=NC=Nc2ccc(OC(F)(F)F)cc2)cc1. The van der Waals surface area contributed by atoms with Gasteiger partial charge in [0.05, 0.1) is 35.5 Å². The number of carbonyl (C=O) groups is 2. The van der Waals surface area contributed by atoms with Crippen LogP contribution in [0.25, 0.3) is 0 Å². The molecule has 2 N–H and O–H groups in total. The van der Waals surface area contributed by atoms with Gasteiger partial charge in [0.25, 0.3) is 0 Å². The molecule has 3 aromatic carbocycles. The number of alkyl halides is 3. The number of nitrogens with zero attached hydrogens (tertiary/aromatic N) is 5. The van der Waals surface area contributed by atoms with E-state index in [9.17, 15) is 22.8 Å². The summed E-state index contributed by atoms with van der Waals surface area (Å²) in [5.41, 5.74) is 8.28. The molecule has 1 heterocycles. The topological polar surface area (TPSA) is 131 Å². The lowest BCUT2D eigenvalue weighted by molar-refractivity contribution is -0.274. The van der Waals surface area contributed by atoms with Crippen molar-refractivity contribution in [2.24, 2.45) is 25.9 Å². The molecule has 1 amide bonds. The minimum absolute atomic E-state index is 0.153. The molecule has 1 aliphatic rings.